The van der Waals surface area contributed by atoms with E-state index in [0.29, 0.717) is 38.1 Å². The van der Waals surface area contributed by atoms with Crippen molar-refractivity contribution in [3.63, 3.8) is 0 Å². The van der Waals surface area contributed by atoms with Crippen LogP contribution in [0.15, 0.2) is 48.5 Å². The predicted molar refractivity (Wildman–Crippen MR) is 137 cm³/mol. The number of ether oxygens (including phenoxy) is 1. The Morgan fingerprint density at radius 2 is 1.95 bits per heavy atom. The van der Waals surface area contributed by atoms with Crippen LogP contribution < -0.4 is 5.48 Å². The molecule has 1 aromatic heterocycles. The highest BCUT2D eigenvalue weighted by atomic mass is 16.8. The highest BCUT2D eigenvalue weighted by molar-refractivity contribution is 5.94. The van der Waals surface area contributed by atoms with Crippen LogP contribution in [0.3, 0.4) is 0 Å². The van der Waals surface area contributed by atoms with E-state index < -0.39 is 6.29 Å². The van der Waals surface area contributed by atoms with Crippen molar-refractivity contribution in [1.82, 2.24) is 19.8 Å². The van der Waals surface area contributed by atoms with E-state index in [0.717, 1.165) is 51.9 Å². The van der Waals surface area contributed by atoms with Crippen LogP contribution in [0.5, 0.6) is 0 Å². The van der Waals surface area contributed by atoms with E-state index in [-0.39, 0.29) is 17.9 Å². The summed E-state index contributed by atoms with van der Waals surface area (Å²) in [5, 5.41) is 1.12. The van der Waals surface area contributed by atoms with Gasteiger partial charge >= 0.3 is 0 Å². The fraction of sp³-hybridized carbons (Fsp3) is 0.393. The molecule has 2 unspecified atom stereocenters. The molecule has 5 rings (SSSR count). The maximum absolute atomic E-state index is 12.8. The fourth-order valence-electron chi connectivity index (χ4n) is 5.20. The number of nitrogens with zero attached hydrogens (tertiary/aromatic N) is 3. The summed E-state index contributed by atoms with van der Waals surface area (Å²) in [6.45, 7) is 1.87. The van der Waals surface area contributed by atoms with Gasteiger partial charge in [-0.1, -0.05) is 30.3 Å². The average molecular weight is 505 g/mol. The monoisotopic (exact) mass is 504 g/mol. The molecule has 1 fully saturated rings. The Morgan fingerprint density at radius 3 is 2.68 bits per heavy atom. The van der Waals surface area contributed by atoms with E-state index in [1.807, 2.05) is 36.2 Å². The molecule has 3 heterocycles. The first kappa shape index (κ1) is 25.1. The number of fused-ring (bicyclic) bond motifs is 3. The molecule has 0 spiro atoms. The number of amides is 3. The van der Waals surface area contributed by atoms with Crippen molar-refractivity contribution in [3.05, 3.63) is 70.9 Å². The maximum atomic E-state index is 12.8. The van der Waals surface area contributed by atoms with Gasteiger partial charge in [-0.15, -0.1) is 0 Å². The number of nitrogens with one attached hydrogen (secondary N) is 1. The van der Waals surface area contributed by atoms with Gasteiger partial charge in [-0.3, -0.25) is 24.2 Å². The molecule has 2 aromatic carbocycles. The van der Waals surface area contributed by atoms with Crippen LogP contribution in [0.25, 0.3) is 10.9 Å². The molecule has 2 aliphatic rings. The number of para-hydroxylation sites is 1. The number of carbonyl (C=O) groups excluding carboxylic acids is 3. The molecular formula is C28H32N4O5. The second-order valence-corrected chi connectivity index (χ2v) is 9.76. The van der Waals surface area contributed by atoms with Crippen molar-refractivity contribution >= 4 is 29.1 Å². The van der Waals surface area contributed by atoms with Crippen molar-refractivity contribution in [2.45, 2.75) is 51.1 Å². The van der Waals surface area contributed by atoms with Gasteiger partial charge in [0.2, 0.25) is 12.3 Å². The van der Waals surface area contributed by atoms with Crippen molar-refractivity contribution in [3.8, 4) is 0 Å². The second kappa shape index (κ2) is 10.8. The number of aromatic nitrogens is 1. The molecule has 2 atom stereocenters. The van der Waals surface area contributed by atoms with Crippen LogP contribution in [0.2, 0.25) is 0 Å². The lowest BCUT2D eigenvalue weighted by atomic mass is 9.96. The van der Waals surface area contributed by atoms with Gasteiger partial charge in [0.15, 0.2) is 6.29 Å². The van der Waals surface area contributed by atoms with E-state index in [2.05, 4.69) is 22.2 Å². The van der Waals surface area contributed by atoms with Crippen LogP contribution in [0.4, 0.5) is 0 Å². The van der Waals surface area contributed by atoms with Crippen LogP contribution in [0, 0.1) is 0 Å². The Kier molecular flexibility index (Phi) is 7.36. The molecule has 0 radical (unpaired) electrons. The molecule has 37 heavy (non-hydrogen) atoms. The minimum Gasteiger partial charge on any atom is -0.350 e. The molecule has 1 N–H and O–H groups in total. The first-order valence-corrected chi connectivity index (χ1v) is 12.6. The van der Waals surface area contributed by atoms with E-state index >= 15 is 0 Å². The summed E-state index contributed by atoms with van der Waals surface area (Å²) >= 11 is 0. The standard InChI is InChI=1S/C28H32N4O5/c1-30-17-25-22(15-24(30)28(35)31(2)18-33)21-7-3-4-8-23(21)32(25)16-19-10-12-20(13-11-19)27(34)29-37-26-9-5-6-14-36-26/h3-4,7-8,10-13,18,24,26H,5-6,9,14-17H2,1-2H3,(H,29,34). The predicted octanol–water partition coefficient (Wildman–Crippen LogP) is 2.85. The van der Waals surface area contributed by atoms with Gasteiger partial charge < -0.3 is 9.30 Å². The van der Waals surface area contributed by atoms with Crippen molar-refractivity contribution in [2.75, 3.05) is 20.7 Å². The summed E-state index contributed by atoms with van der Waals surface area (Å²) in [7, 11) is 3.42. The number of hydroxylamine groups is 1. The molecule has 3 aromatic rings. The molecule has 1 saturated heterocycles. The maximum Gasteiger partial charge on any atom is 0.274 e. The zero-order valence-corrected chi connectivity index (χ0v) is 21.2. The summed E-state index contributed by atoms with van der Waals surface area (Å²) < 4.78 is 7.77. The largest absolute Gasteiger partial charge is 0.350 e. The summed E-state index contributed by atoms with van der Waals surface area (Å²) in [5.74, 6) is -0.505. The summed E-state index contributed by atoms with van der Waals surface area (Å²) in [4.78, 5) is 45.0. The Hall–Kier alpha value is -3.53. The van der Waals surface area contributed by atoms with E-state index in [1.165, 1.54) is 7.05 Å². The Morgan fingerprint density at radius 1 is 1.16 bits per heavy atom. The number of rotatable bonds is 7. The smallest absolute Gasteiger partial charge is 0.274 e. The Balaban J connectivity index is 1.34. The topological polar surface area (TPSA) is 93.1 Å². The van der Waals surface area contributed by atoms with E-state index in [4.69, 9.17) is 9.57 Å². The average Bonchev–Trinajstić information content (AvgIpc) is 3.23. The van der Waals surface area contributed by atoms with Gasteiger partial charge in [-0.2, -0.15) is 0 Å². The van der Waals surface area contributed by atoms with Gasteiger partial charge in [0, 0.05) is 55.3 Å². The molecule has 9 heteroatoms. The highest BCUT2D eigenvalue weighted by Gasteiger charge is 2.34. The summed E-state index contributed by atoms with van der Waals surface area (Å²) in [6.07, 6.45) is 3.52. The first-order chi connectivity index (χ1) is 18.0. The van der Waals surface area contributed by atoms with Crippen LogP contribution in [0.1, 0.15) is 46.4 Å². The Labute approximate surface area is 215 Å². The normalized spacial score (nSPS) is 19.8. The lowest BCUT2D eigenvalue weighted by Crippen LogP contribution is -2.48. The van der Waals surface area contributed by atoms with Crippen LogP contribution in [-0.2, 0) is 38.7 Å². The third-order valence-corrected chi connectivity index (χ3v) is 7.29. The van der Waals surface area contributed by atoms with Gasteiger partial charge in [-0.25, -0.2) is 10.3 Å². The molecule has 3 amide bonds. The Bertz CT molecular complexity index is 1300. The zero-order chi connectivity index (χ0) is 25.9. The van der Waals surface area contributed by atoms with Gasteiger partial charge in [-0.05, 0) is 55.6 Å². The lowest BCUT2D eigenvalue weighted by Gasteiger charge is -2.33. The third kappa shape index (κ3) is 5.16. The molecule has 194 valence electrons. The fourth-order valence-corrected chi connectivity index (χ4v) is 5.20. The van der Waals surface area contributed by atoms with Gasteiger partial charge in [0.1, 0.15) is 0 Å². The minimum absolute atomic E-state index is 0.201. The lowest BCUT2D eigenvalue weighted by molar-refractivity contribution is -0.186. The summed E-state index contributed by atoms with van der Waals surface area (Å²) in [5.41, 5.74) is 7.47. The van der Waals surface area contributed by atoms with Crippen molar-refractivity contribution in [2.24, 2.45) is 0 Å². The minimum atomic E-state index is -0.392. The molecule has 0 bridgehead atoms. The second-order valence-electron chi connectivity index (χ2n) is 9.76. The number of hydrogen-bond acceptors (Lipinski definition) is 6. The highest BCUT2D eigenvalue weighted by Crippen LogP contribution is 2.33. The quantitative estimate of drug-likeness (QED) is 0.393. The van der Waals surface area contributed by atoms with Gasteiger partial charge in [0.25, 0.3) is 5.91 Å². The number of hydrogen-bond donors (Lipinski definition) is 1. The van der Waals surface area contributed by atoms with E-state index in [9.17, 15) is 14.4 Å². The molecule has 9 nitrogen and oxygen atoms in total. The SMILES string of the molecule is CN(C=O)C(=O)C1Cc2c(n(Cc3ccc(C(=O)NOC4CCCCO4)cc3)c3ccccc23)CN1C. The van der Waals surface area contributed by atoms with Crippen LogP contribution >= 0.6 is 0 Å². The number of likely N-dealkylation sites (N-methyl/N-ethyl adjacent to an activating group) is 2. The molecule has 0 saturated carbocycles. The first-order valence-electron chi connectivity index (χ1n) is 12.6. The zero-order valence-electron chi connectivity index (χ0n) is 21.2. The molecule has 0 aliphatic carbocycles. The van der Waals surface area contributed by atoms with Gasteiger partial charge in [0.05, 0.1) is 6.04 Å². The summed E-state index contributed by atoms with van der Waals surface area (Å²) in [6, 6.07) is 15.3. The van der Waals surface area contributed by atoms with E-state index in [1.54, 1.807) is 12.1 Å². The van der Waals surface area contributed by atoms with Crippen LogP contribution in [-0.4, -0.2) is 65.6 Å². The molecular weight excluding hydrogens is 472 g/mol. The number of benzene rings is 2. The van der Waals surface area contributed by atoms with Crippen molar-refractivity contribution < 1.29 is 24.0 Å². The van der Waals surface area contributed by atoms with Crippen molar-refractivity contribution in [1.29, 1.82) is 0 Å². The number of carbonyl (C=O) groups is 3. The molecule has 2 aliphatic heterocycles. The number of imide groups is 1. The third-order valence-electron chi connectivity index (χ3n) is 7.29.